The van der Waals surface area contributed by atoms with Gasteiger partial charge in [-0.25, -0.2) is 9.47 Å². The molecule has 0 bridgehead atoms. The molecule has 0 radical (unpaired) electrons. The van der Waals surface area contributed by atoms with Gasteiger partial charge in [0.05, 0.1) is 12.7 Å². The summed E-state index contributed by atoms with van der Waals surface area (Å²) in [6, 6.07) is 3.60. The highest BCUT2D eigenvalue weighted by molar-refractivity contribution is 7.99. The molecule has 0 saturated carbocycles. The topological polar surface area (TPSA) is 125 Å². The number of ether oxygens (including phenoxy) is 1. The summed E-state index contributed by atoms with van der Waals surface area (Å²) in [7, 11) is 1.36. The molecular formula is C20H22N6O3S2. The Bertz CT molecular complexity index is 1100. The van der Waals surface area contributed by atoms with Crippen molar-refractivity contribution >= 4 is 40.0 Å². The van der Waals surface area contributed by atoms with Crippen LogP contribution in [0, 0.1) is 0 Å². The van der Waals surface area contributed by atoms with Crippen LogP contribution in [-0.2, 0) is 22.4 Å². The van der Waals surface area contributed by atoms with E-state index in [1.54, 1.807) is 24.5 Å². The summed E-state index contributed by atoms with van der Waals surface area (Å²) in [6.07, 6.45) is 7.47. The van der Waals surface area contributed by atoms with Crippen LogP contribution in [-0.4, -0.2) is 44.6 Å². The molecule has 11 heteroatoms. The van der Waals surface area contributed by atoms with E-state index in [2.05, 4.69) is 20.5 Å². The molecule has 3 heterocycles. The number of rotatable bonds is 7. The third-order valence-electron chi connectivity index (χ3n) is 4.98. The van der Waals surface area contributed by atoms with Gasteiger partial charge in [0.1, 0.15) is 5.00 Å². The molecule has 31 heavy (non-hydrogen) atoms. The predicted octanol–water partition coefficient (Wildman–Crippen LogP) is 2.90. The van der Waals surface area contributed by atoms with E-state index in [1.165, 1.54) is 34.9 Å². The number of thioether (sulfide) groups is 1. The lowest BCUT2D eigenvalue weighted by Crippen LogP contribution is -2.16. The van der Waals surface area contributed by atoms with Crippen molar-refractivity contribution in [2.75, 3.05) is 24.0 Å². The fourth-order valence-corrected chi connectivity index (χ4v) is 5.56. The third kappa shape index (κ3) is 4.57. The Balaban J connectivity index is 1.38. The van der Waals surface area contributed by atoms with E-state index in [4.69, 9.17) is 10.6 Å². The largest absolute Gasteiger partial charge is 0.465 e. The highest BCUT2D eigenvalue weighted by atomic mass is 32.2. The van der Waals surface area contributed by atoms with Crippen molar-refractivity contribution in [2.45, 2.75) is 37.3 Å². The minimum absolute atomic E-state index is 0.173. The summed E-state index contributed by atoms with van der Waals surface area (Å²) in [5.41, 5.74) is 2.34. The van der Waals surface area contributed by atoms with Crippen molar-refractivity contribution in [3.63, 3.8) is 0 Å². The molecule has 0 aliphatic heterocycles. The normalized spacial score (nSPS) is 12.9. The number of carbonyl (C=O) groups is 2. The van der Waals surface area contributed by atoms with Gasteiger partial charge in [-0.3, -0.25) is 9.78 Å². The monoisotopic (exact) mass is 458 g/mol. The zero-order valence-corrected chi connectivity index (χ0v) is 18.6. The second kappa shape index (κ2) is 9.48. The molecule has 0 aromatic carbocycles. The Labute approximate surface area is 187 Å². The number of thiophene rings is 1. The molecule has 0 fully saturated rings. The van der Waals surface area contributed by atoms with E-state index in [9.17, 15) is 9.59 Å². The molecule has 1 aliphatic carbocycles. The summed E-state index contributed by atoms with van der Waals surface area (Å²) in [6.45, 7) is 0. The van der Waals surface area contributed by atoms with Crippen LogP contribution in [0.1, 0.15) is 40.1 Å². The van der Waals surface area contributed by atoms with E-state index in [-0.39, 0.29) is 12.3 Å². The number of fused-ring (bicyclic) bond motifs is 1. The van der Waals surface area contributed by atoms with Crippen molar-refractivity contribution in [1.82, 2.24) is 19.9 Å². The van der Waals surface area contributed by atoms with Gasteiger partial charge in [0, 0.05) is 35.0 Å². The highest BCUT2D eigenvalue weighted by Gasteiger charge is 2.26. The molecule has 9 nitrogen and oxygen atoms in total. The lowest BCUT2D eigenvalue weighted by atomic mass is 9.95. The van der Waals surface area contributed by atoms with Crippen molar-refractivity contribution in [1.29, 1.82) is 0 Å². The Hall–Kier alpha value is -2.92. The lowest BCUT2D eigenvalue weighted by Gasteiger charge is -2.11. The molecule has 3 aromatic rings. The maximum Gasteiger partial charge on any atom is 0.341 e. The van der Waals surface area contributed by atoms with E-state index >= 15 is 0 Å². The number of hydrogen-bond donors (Lipinski definition) is 2. The summed E-state index contributed by atoms with van der Waals surface area (Å²) < 4.78 is 6.35. The molecular weight excluding hydrogens is 436 g/mol. The molecule has 4 rings (SSSR count). The number of carbonyl (C=O) groups excluding carboxylic acids is 2. The number of nitrogens with one attached hydrogen (secondary N) is 1. The number of aryl methyl sites for hydroxylation is 1. The van der Waals surface area contributed by atoms with Crippen LogP contribution in [0.5, 0.6) is 0 Å². The van der Waals surface area contributed by atoms with Gasteiger partial charge in [-0.1, -0.05) is 11.8 Å². The SMILES string of the molecule is COC(=O)c1c(NC(=O)CCSc2nnc(-c3ccncc3)n2N)sc2c1CCCC2. The minimum atomic E-state index is -0.399. The quantitative estimate of drug-likeness (QED) is 0.315. The van der Waals surface area contributed by atoms with E-state index in [0.29, 0.717) is 27.3 Å². The number of nitrogens with zero attached hydrogens (tertiary/aromatic N) is 4. The maximum absolute atomic E-state index is 12.5. The van der Waals surface area contributed by atoms with E-state index < -0.39 is 5.97 Å². The zero-order valence-electron chi connectivity index (χ0n) is 17.0. The van der Waals surface area contributed by atoms with Crippen LogP contribution in [0.25, 0.3) is 11.4 Å². The first-order valence-electron chi connectivity index (χ1n) is 9.85. The van der Waals surface area contributed by atoms with E-state index in [1.807, 2.05) is 0 Å². The maximum atomic E-state index is 12.5. The fourth-order valence-electron chi connectivity index (χ4n) is 3.47. The number of amides is 1. The molecule has 0 atom stereocenters. The minimum Gasteiger partial charge on any atom is -0.465 e. The number of anilines is 1. The number of pyridine rings is 1. The second-order valence-electron chi connectivity index (χ2n) is 6.97. The average molecular weight is 459 g/mol. The molecule has 0 spiro atoms. The number of nitrogen functional groups attached to an aromatic ring is 1. The molecule has 0 unspecified atom stereocenters. The van der Waals surface area contributed by atoms with Crippen LogP contribution in [0.2, 0.25) is 0 Å². The van der Waals surface area contributed by atoms with Crippen LogP contribution < -0.4 is 11.2 Å². The van der Waals surface area contributed by atoms with Gasteiger partial charge < -0.3 is 15.9 Å². The first kappa shape index (κ1) is 21.3. The highest BCUT2D eigenvalue weighted by Crippen LogP contribution is 2.38. The molecule has 3 N–H and O–H groups in total. The summed E-state index contributed by atoms with van der Waals surface area (Å²) in [4.78, 5) is 30.0. The van der Waals surface area contributed by atoms with Crippen molar-refractivity contribution in [3.05, 3.63) is 40.5 Å². The number of aromatic nitrogens is 4. The van der Waals surface area contributed by atoms with Crippen LogP contribution in [0.4, 0.5) is 5.00 Å². The average Bonchev–Trinajstić information content (AvgIpc) is 3.33. The van der Waals surface area contributed by atoms with Gasteiger partial charge in [-0.15, -0.1) is 21.5 Å². The van der Waals surface area contributed by atoms with Crippen molar-refractivity contribution < 1.29 is 14.3 Å². The Morgan fingerprint density at radius 2 is 2.03 bits per heavy atom. The van der Waals surface area contributed by atoms with Gasteiger partial charge in [0.25, 0.3) is 0 Å². The number of methoxy groups -OCH3 is 1. The summed E-state index contributed by atoms with van der Waals surface area (Å²) in [5, 5.41) is 12.2. The first-order chi connectivity index (χ1) is 15.1. The number of hydrogen-bond acceptors (Lipinski definition) is 9. The molecule has 1 aliphatic rings. The van der Waals surface area contributed by atoms with Gasteiger partial charge >= 0.3 is 5.97 Å². The second-order valence-corrected chi connectivity index (χ2v) is 9.13. The first-order valence-corrected chi connectivity index (χ1v) is 11.6. The molecule has 0 saturated heterocycles. The van der Waals surface area contributed by atoms with Gasteiger partial charge in [-0.05, 0) is 43.4 Å². The van der Waals surface area contributed by atoms with Gasteiger partial charge in [-0.2, -0.15) is 0 Å². The lowest BCUT2D eigenvalue weighted by molar-refractivity contribution is -0.115. The number of nitrogens with two attached hydrogens (primary N) is 1. The van der Waals surface area contributed by atoms with Crippen molar-refractivity contribution in [2.24, 2.45) is 0 Å². The standard InChI is InChI=1S/C20H22N6O3S2/c1-29-19(28)16-13-4-2-3-5-14(13)31-18(16)23-15(27)8-11-30-20-25-24-17(26(20)21)12-6-9-22-10-7-12/h6-7,9-10H,2-5,8,11,21H2,1H3,(H,23,27). The van der Waals surface area contributed by atoms with Crippen LogP contribution in [0.3, 0.4) is 0 Å². The Morgan fingerprint density at radius 1 is 1.26 bits per heavy atom. The smallest absolute Gasteiger partial charge is 0.341 e. The fraction of sp³-hybridized carbons (Fsp3) is 0.350. The van der Waals surface area contributed by atoms with Crippen LogP contribution >= 0.6 is 23.1 Å². The summed E-state index contributed by atoms with van der Waals surface area (Å²) in [5.74, 6) is 6.53. The summed E-state index contributed by atoms with van der Waals surface area (Å²) >= 11 is 2.82. The molecule has 162 valence electrons. The Kier molecular flexibility index (Phi) is 6.52. The van der Waals surface area contributed by atoms with Crippen LogP contribution in [0.15, 0.2) is 29.7 Å². The van der Waals surface area contributed by atoms with Crippen molar-refractivity contribution in [3.8, 4) is 11.4 Å². The zero-order chi connectivity index (χ0) is 21.8. The molecule has 1 amide bonds. The predicted molar refractivity (Wildman–Crippen MR) is 120 cm³/mol. The third-order valence-corrected chi connectivity index (χ3v) is 7.13. The molecule has 3 aromatic heterocycles. The van der Waals surface area contributed by atoms with Gasteiger partial charge in [0.2, 0.25) is 11.1 Å². The number of esters is 1. The Morgan fingerprint density at radius 3 is 2.81 bits per heavy atom. The van der Waals surface area contributed by atoms with E-state index in [0.717, 1.165) is 41.7 Å². The van der Waals surface area contributed by atoms with Gasteiger partial charge in [0.15, 0.2) is 5.82 Å².